The quantitative estimate of drug-likeness (QED) is 0.866. The number of carbonyl (C=O) groups excluding carboxylic acids is 2. The zero-order chi connectivity index (χ0) is 15.9. The van der Waals surface area contributed by atoms with Crippen molar-refractivity contribution in [2.45, 2.75) is 19.9 Å². The summed E-state index contributed by atoms with van der Waals surface area (Å²) in [4.78, 5) is 28.5. The number of amides is 2. The standard InChI is InChI=1S/C15H19N3O2S2/c1-10(2)17-14(20)11-5-3-4-6-12(11)18-13(19)9-22-15-16-7-8-21-15/h3-6,10H,7-9H2,1-2H3,(H,17,20)(H,18,19). The van der Waals surface area contributed by atoms with E-state index in [1.54, 1.807) is 36.0 Å². The second-order valence-corrected chi connectivity index (χ2v) is 7.31. The summed E-state index contributed by atoms with van der Waals surface area (Å²) in [5.41, 5.74) is 1.01. The highest BCUT2D eigenvalue weighted by molar-refractivity contribution is 8.39. The molecule has 22 heavy (non-hydrogen) atoms. The molecule has 1 aromatic rings. The maximum Gasteiger partial charge on any atom is 0.253 e. The third-order valence-corrected chi connectivity index (χ3v) is 5.00. The minimum absolute atomic E-state index is 0.0456. The molecular weight excluding hydrogens is 318 g/mol. The van der Waals surface area contributed by atoms with Gasteiger partial charge in [0.1, 0.15) is 4.38 Å². The zero-order valence-electron chi connectivity index (χ0n) is 12.6. The maximum atomic E-state index is 12.1. The first-order valence-corrected chi connectivity index (χ1v) is 9.03. The van der Waals surface area contributed by atoms with Gasteiger partial charge in [0, 0.05) is 11.8 Å². The van der Waals surface area contributed by atoms with Crippen molar-refractivity contribution in [3.8, 4) is 0 Å². The van der Waals surface area contributed by atoms with E-state index in [9.17, 15) is 9.59 Å². The van der Waals surface area contributed by atoms with E-state index in [0.29, 0.717) is 17.0 Å². The Morgan fingerprint density at radius 1 is 1.36 bits per heavy atom. The second-order valence-electron chi connectivity index (χ2n) is 5.01. The fourth-order valence-corrected chi connectivity index (χ4v) is 3.66. The van der Waals surface area contributed by atoms with Crippen LogP contribution in [0.1, 0.15) is 24.2 Å². The molecule has 0 saturated carbocycles. The molecule has 0 unspecified atom stereocenters. The number of para-hydroxylation sites is 1. The summed E-state index contributed by atoms with van der Waals surface area (Å²) >= 11 is 3.11. The Balaban J connectivity index is 1.96. The van der Waals surface area contributed by atoms with Crippen LogP contribution in [0, 0.1) is 0 Å². The number of aliphatic imine (C=N–C) groups is 1. The van der Waals surface area contributed by atoms with E-state index in [1.165, 1.54) is 11.8 Å². The van der Waals surface area contributed by atoms with Gasteiger partial charge < -0.3 is 10.6 Å². The summed E-state index contributed by atoms with van der Waals surface area (Å²) in [5, 5.41) is 5.64. The number of rotatable bonds is 5. The van der Waals surface area contributed by atoms with Gasteiger partial charge in [0.15, 0.2) is 0 Å². The van der Waals surface area contributed by atoms with Crippen molar-refractivity contribution < 1.29 is 9.59 Å². The van der Waals surface area contributed by atoms with Crippen LogP contribution in [0.15, 0.2) is 29.3 Å². The molecule has 1 aliphatic heterocycles. The van der Waals surface area contributed by atoms with E-state index in [-0.39, 0.29) is 17.9 Å². The highest BCUT2D eigenvalue weighted by Gasteiger charge is 2.15. The van der Waals surface area contributed by atoms with Crippen molar-refractivity contribution in [3.63, 3.8) is 0 Å². The van der Waals surface area contributed by atoms with Gasteiger partial charge >= 0.3 is 0 Å². The van der Waals surface area contributed by atoms with Crippen LogP contribution in [0.5, 0.6) is 0 Å². The second kappa shape index (κ2) is 8.24. The average Bonchev–Trinajstić information content (AvgIpc) is 2.98. The Kier molecular flexibility index (Phi) is 6.33. The molecule has 0 radical (unpaired) electrons. The van der Waals surface area contributed by atoms with Gasteiger partial charge in [-0.2, -0.15) is 0 Å². The number of hydrogen-bond donors (Lipinski definition) is 2. The van der Waals surface area contributed by atoms with Crippen LogP contribution in [-0.2, 0) is 4.79 Å². The molecule has 2 N–H and O–H groups in total. The molecule has 0 aromatic heterocycles. The average molecular weight is 337 g/mol. The fraction of sp³-hybridized carbons (Fsp3) is 0.400. The van der Waals surface area contributed by atoms with E-state index in [0.717, 1.165) is 16.7 Å². The van der Waals surface area contributed by atoms with Gasteiger partial charge in [-0.15, -0.1) is 0 Å². The summed E-state index contributed by atoms with van der Waals surface area (Å²) in [6.45, 7) is 4.62. The van der Waals surface area contributed by atoms with E-state index in [1.807, 2.05) is 13.8 Å². The Labute approximate surface area is 138 Å². The van der Waals surface area contributed by atoms with Crippen molar-refractivity contribution in [2.75, 3.05) is 23.4 Å². The molecule has 0 spiro atoms. The van der Waals surface area contributed by atoms with E-state index < -0.39 is 0 Å². The minimum atomic E-state index is -0.186. The van der Waals surface area contributed by atoms with Crippen molar-refractivity contribution >= 4 is 45.4 Å². The topological polar surface area (TPSA) is 70.6 Å². The SMILES string of the molecule is CC(C)NC(=O)c1ccccc1NC(=O)CSC1=NCCS1. The number of carbonyl (C=O) groups is 2. The number of benzene rings is 1. The van der Waals surface area contributed by atoms with Gasteiger partial charge in [-0.25, -0.2) is 0 Å². The van der Waals surface area contributed by atoms with Crippen LogP contribution < -0.4 is 10.6 Å². The molecule has 1 aromatic carbocycles. The maximum absolute atomic E-state index is 12.1. The largest absolute Gasteiger partial charge is 0.350 e. The Morgan fingerprint density at radius 3 is 2.82 bits per heavy atom. The van der Waals surface area contributed by atoms with Crippen LogP contribution >= 0.6 is 23.5 Å². The van der Waals surface area contributed by atoms with Crippen LogP contribution in [-0.4, -0.2) is 40.3 Å². The smallest absolute Gasteiger partial charge is 0.253 e. The van der Waals surface area contributed by atoms with Gasteiger partial charge in [0.25, 0.3) is 5.91 Å². The van der Waals surface area contributed by atoms with E-state index in [2.05, 4.69) is 15.6 Å². The predicted octanol–water partition coefficient (Wildman–Crippen LogP) is 2.60. The molecule has 2 rings (SSSR count). The van der Waals surface area contributed by atoms with Crippen LogP contribution in [0.3, 0.4) is 0 Å². The lowest BCUT2D eigenvalue weighted by atomic mass is 10.1. The van der Waals surface area contributed by atoms with Crippen molar-refractivity contribution in [2.24, 2.45) is 4.99 Å². The van der Waals surface area contributed by atoms with E-state index >= 15 is 0 Å². The lowest BCUT2D eigenvalue weighted by molar-refractivity contribution is -0.113. The Hall–Kier alpha value is -1.47. The van der Waals surface area contributed by atoms with E-state index in [4.69, 9.17) is 0 Å². The summed E-state index contributed by atoms with van der Waals surface area (Å²) in [6, 6.07) is 7.07. The zero-order valence-corrected chi connectivity index (χ0v) is 14.2. The molecule has 0 bridgehead atoms. The van der Waals surface area contributed by atoms with Crippen molar-refractivity contribution in [1.82, 2.24) is 5.32 Å². The Bertz CT molecular complexity index is 588. The molecule has 1 heterocycles. The first-order chi connectivity index (χ1) is 10.6. The molecule has 0 atom stereocenters. The number of thioether (sulfide) groups is 2. The normalized spacial score (nSPS) is 13.9. The molecule has 118 valence electrons. The molecule has 1 aliphatic rings. The van der Waals surface area contributed by atoms with Gasteiger partial charge in [0.05, 0.1) is 23.5 Å². The molecule has 7 heteroatoms. The first-order valence-electron chi connectivity index (χ1n) is 7.06. The molecule has 2 amide bonds. The third kappa shape index (κ3) is 5.06. The Morgan fingerprint density at radius 2 is 2.14 bits per heavy atom. The summed E-state index contributed by atoms with van der Waals surface area (Å²) in [7, 11) is 0. The highest BCUT2D eigenvalue weighted by Crippen LogP contribution is 2.22. The summed E-state index contributed by atoms with van der Waals surface area (Å²) in [5.74, 6) is 0.966. The van der Waals surface area contributed by atoms with Gasteiger partial charge in [-0.3, -0.25) is 14.6 Å². The van der Waals surface area contributed by atoms with Crippen LogP contribution in [0.4, 0.5) is 5.69 Å². The molecule has 0 saturated heterocycles. The summed E-state index contributed by atoms with van der Waals surface area (Å²) < 4.78 is 0.959. The number of hydrogen-bond acceptors (Lipinski definition) is 5. The lowest BCUT2D eigenvalue weighted by Gasteiger charge is -2.13. The van der Waals surface area contributed by atoms with Crippen molar-refractivity contribution in [3.05, 3.63) is 29.8 Å². The fourth-order valence-electron chi connectivity index (χ4n) is 1.85. The van der Waals surface area contributed by atoms with Gasteiger partial charge in [-0.05, 0) is 26.0 Å². The molecule has 0 aliphatic carbocycles. The first kappa shape index (κ1) is 16.9. The van der Waals surface area contributed by atoms with Crippen molar-refractivity contribution in [1.29, 1.82) is 0 Å². The van der Waals surface area contributed by atoms with Crippen LogP contribution in [0.2, 0.25) is 0 Å². The molecular formula is C15H19N3O2S2. The minimum Gasteiger partial charge on any atom is -0.350 e. The molecule has 5 nitrogen and oxygen atoms in total. The highest BCUT2D eigenvalue weighted by atomic mass is 32.2. The molecule has 0 fully saturated rings. The lowest BCUT2D eigenvalue weighted by Crippen LogP contribution is -2.31. The monoisotopic (exact) mass is 337 g/mol. The van der Waals surface area contributed by atoms with Gasteiger partial charge in [-0.1, -0.05) is 35.7 Å². The van der Waals surface area contributed by atoms with Gasteiger partial charge in [0.2, 0.25) is 5.91 Å². The third-order valence-electron chi connectivity index (χ3n) is 2.75. The summed E-state index contributed by atoms with van der Waals surface area (Å²) in [6.07, 6.45) is 0. The number of nitrogens with one attached hydrogen (secondary N) is 2. The number of nitrogens with zero attached hydrogens (tertiary/aromatic N) is 1. The predicted molar refractivity (Wildman–Crippen MR) is 94.9 cm³/mol. The van der Waals surface area contributed by atoms with Crippen LogP contribution in [0.25, 0.3) is 0 Å². The number of anilines is 1.